The zero-order chi connectivity index (χ0) is 13.7. The highest BCUT2D eigenvalue weighted by atomic mass is 35.5. The van der Waals surface area contributed by atoms with Crippen LogP contribution >= 0.6 is 12.4 Å². The lowest BCUT2D eigenvalue weighted by Gasteiger charge is -2.33. The van der Waals surface area contributed by atoms with Gasteiger partial charge in [-0.3, -0.25) is 4.79 Å². The number of para-hydroxylation sites is 1. The molecule has 112 valence electrons. The first-order valence-electron chi connectivity index (χ1n) is 7.21. The predicted octanol–water partition coefficient (Wildman–Crippen LogP) is 3.56. The van der Waals surface area contributed by atoms with Gasteiger partial charge in [-0.2, -0.15) is 0 Å². The molecule has 1 aliphatic rings. The molecule has 4 heteroatoms. The van der Waals surface area contributed by atoms with Gasteiger partial charge >= 0.3 is 0 Å². The summed E-state index contributed by atoms with van der Waals surface area (Å²) < 4.78 is 0. The first-order chi connectivity index (χ1) is 9.16. The molecule has 0 bridgehead atoms. The molecule has 20 heavy (non-hydrogen) atoms. The Labute approximate surface area is 128 Å². The number of carbonyl (C=O) groups excluding carboxylic acids is 1. The first-order valence-corrected chi connectivity index (χ1v) is 7.21. The molecule has 1 N–H and O–H groups in total. The van der Waals surface area contributed by atoms with Crippen LogP contribution in [0.2, 0.25) is 0 Å². The molecule has 0 atom stereocenters. The lowest BCUT2D eigenvalue weighted by molar-refractivity contribution is -0.130. The molecule has 1 fully saturated rings. The van der Waals surface area contributed by atoms with E-state index in [1.54, 1.807) is 0 Å². The van der Waals surface area contributed by atoms with E-state index < -0.39 is 0 Å². The molecule has 1 saturated carbocycles. The largest absolute Gasteiger partial charge is 0.376 e. The Hall–Kier alpha value is -1.22. The minimum absolute atomic E-state index is 0. The van der Waals surface area contributed by atoms with Gasteiger partial charge in [0.1, 0.15) is 0 Å². The van der Waals surface area contributed by atoms with Gasteiger partial charge in [-0.25, -0.2) is 0 Å². The zero-order valence-corrected chi connectivity index (χ0v) is 13.2. The number of carbonyl (C=O) groups is 1. The van der Waals surface area contributed by atoms with Crippen LogP contribution in [0.1, 0.15) is 32.6 Å². The van der Waals surface area contributed by atoms with Gasteiger partial charge in [-0.15, -0.1) is 12.4 Å². The molecule has 0 aromatic heterocycles. The third-order valence-electron chi connectivity index (χ3n) is 4.14. The van der Waals surface area contributed by atoms with Crippen molar-refractivity contribution in [1.82, 2.24) is 4.90 Å². The molecule has 3 nitrogen and oxygen atoms in total. The second kappa shape index (κ2) is 8.15. The Bertz CT molecular complexity index is 402. The van der Waals surface area contributed by atoms with E-state index in [2.05, 4.69) is 12.2 Å². The molecule has 0 saturated heterocycles. The Kier molecular flexibility index (Phi) is 6.86. The topological polar surface area (TPSA) is 32.3 Å². The quantitative estimate of drug-likeness (QED) is 0.921. The number of likely N-dealkylation sites (N-methyl/N-ethyl adjacent to an activating group) is 1. The van der Waals surface area contributed by atoms with Crippen LogP contribution in [0.25, 0.3) is 0 Å². The highest BCUT2D eigenvalue weighted by Gasteiger charge is 2.24. The number of hydrogen-bond donors (Lipinski definition) is 1. The molecular formula is C16H25ClN2O. The predicted molar refractivity (Wildman–Crippen MR) is 86.4 cm³/mol. The SMILES string of the molecule is CC1CCC(N(C)C(=O)CNc2ccccc2)CC1.Cl. The maximum atomic E-state index is 12.2. The fraction of sp³-hybridized carbons (Fsp3) is 0.562. The average molecular weight is 297 g/mol. The molecule has 0 unspecified atom stereocenters. The monoisotopic (exact) mass is 296 g/mol. The summed E-state index contributed by atoms with van der Waals surface area (Å²) >= 11 is 0. The minimum atomic E-state index is 0. The zero-order valence-electron chi connectivity index (χ0n) is 12.3. The fourth-order valence-electron chi connectivity index (χ4n) is 2.69. The average Bonchev–Trinajstić information content (AvgIpc) is 2.46. The van der Waals surface area contributed by atoms with E-state index in [0.717, 1.165) is 24.4 Å². The second-order valence-electron chi connectivity index (χ2n) is 5.64. The Balaban J connectivity index is 0.00000200. The number of benzene rings is 1. The second-order valence-corrected chi connectivity index (χ2v) is 5.64. The number of amides is 1. The summed E-state index contributed by atoms with van der Waals surface area (Å²) in [6.45, 7) is 2.68. The van der Waals surface area contributed by atoms with Crippen molar-refractivity contribution in [3.05, 3.63) is 30.3 Å². The molecule has 1 aromatic rings. The molecule has 0 radical (unpaired) electrons. The normalized spacial score (nSPS) is 21.7. The molecule has 0 spiro atoms. The lowest BCUT2D eigenvalue weighted by atomic mass is 9.87. The summed E-state index contributed by atoms with van der Waals surface area (Å²) in [7, 11) is 1.94. The van der Waals surface area contributed by atoms with Crippen LogP contribution in [0.15, 0.2) is 30.3 Å². The first kappa shape index (κ1) is 16.8. The van der Waals surface area contributed by atoms with Gasteiger partial charge < -0.3 is 10.2 Å². The van der Waals surface area contributed by atoms with Crippen molar-refractivity contribution in [2.75, 3.05) is 18.9 Å². The number of rotatable bonds is 4. The van der Waals surface area contributed by atoms with Crippen molar-refractivity contribution in [2.45, 2.75) is 38.6 Å². The molecule has 0 aliphatic heterocycles. The van der Waals surface area contributed by atoms with Gasteiger partial charge in [0.15, 0.2) is 0 Å². The van der Waals surface area contributed by atoms with Crippen molar-refractivity contribution < 1.29 is 4.79 Å². The summed E-state index contributed by atoms with van der Waals surface area (Å²) in [4.78, 5) is 14.1. The van der Waals surface area contributed by atoms with E-state index >= 15 is 0 Å². The number of halogens is 1. The summed E-state index contributed by atoms with van der Waals surface area (Å²) in [5, 5.41) is 3.18. The van der Waals surface area contributed by atoms with E-state index in [-0.39, 0.29) is 18.3 Å². The Morgan fingerprint density at radius 3 is 2.40 bits per heavy atom. The van der Waals surface area contributed by atoms with Crippen LogP contribution in [-0.2, 0) is 4.79 Å². The van der Waals surface area contributed by atoms with Crippen LogP contribution < -0.4 is 5.32 Å². The van der Waals surface area contributed by atoms with Crippen molar-refractivity contribution in [3.63, 3.8) is 0 Å². The highest BCUT2D eigenvalue weighted by Crippen LogP contribution is 2.26. The van der Waals surface area contributed by atoms with Gasteiger partial charge in [0.25, 0.3) is 0 Å². The third-order valence-corrected chi connectivity index (χ3v) is 4.14. The fourth-order valence-corrected chi connectivity index (χ4v) is 2.69. The van der Waals surface area contributed by atoms with Crippen LogP contribution in [0.5, 0.6) is 0 Å². The van der Waals surface area contributed by atoms with Crippen molar-refractivity contribution in [3.8, 4) is 0 Å². The van der Waals surface area contributed by atoms with Gasteiger partial charge in [-0.1, -0.05) is 25.1 Å². The van der Waals surface area contributed by atoms with Crippen LogP contribution in [-0.4, -0.2) is 30.4 Å². The Morgan fingerprint density at radius 2 is 1.80 bits per heavy atom. The smallest absolute Gasteiger partial charge is 0.241 e. The molecule has 2 rings (SSSR count). The highest BCUT2D eigenvalue weighted by molar-refractivity contribution is 5.85. The van der Waals surface area contributed by atoms with Crippen LogP contribution in [0.3, 0.4) is 0 Å². The molecule has 1 amide bonds. The summed E-state index contributed by atoms with van der Waals surface area (Å²) in [6.07, 6.45) is 4.78. The molecular weight excluding hydrogens is 272 g/mol. The summed E-state index contributed by atoms with van der Waals surface area (Å²) in [5.41, 5.74) is 1.00. The van der Waals surface area contributed by atoms with E-state index in [1.165, 1.54) is 12.8 Å². The summed E-state index contributed by atoms with van der Waals surface area (Å²) in [5.74, 6) is 1.01. The van der Waals surface area contributed by atoms with Gasteiger partial charge in [0.2, 0.25) is 5.91 Å². The summed E-state index contributed by atoms with van der Waals surface area (Å²) in [6, 6.07) is 10.3. The molecule has 1 aliphatic carbocycles. The maximum Gasteiger partial charge on any atom is 0.241 e. The third kappa shape index (κ3) is 4.71. The minimum Gasteiger partial charge on any atom is -0.376 e. The van der Waals surface area contributed by atoms with E-state index in [1.807, 2.05) is 42.3 Å². The molecule has 0 heterocycles. The molecule has 1 aromatic carbocycles. The van der Waals surface area contributed by atoms with Gasteiger partial charge in [0.05, 0.1) is 6.54 Å². The number of nitrogens with zero attached hydrogens (tertiary/aromatic N) is 1. The van der Waals surface area contributed by atoms with Crippen molar-refractivity contribution >= 4 is 24.0 Å². The van der Waals surface area contributed by atoms with Gasteiger partial charge in [0, 0.05) is 18.8 Å². The van der Waals surface area contributed by atoms with E-state index in [4.69, 9.17) is 0 Å². The van der Waals surface area contributed by atoms with Crippen molar-refractivity contribution in [2.24, 2.45) is 5.92 Å². The van der Waals surface area contributed by atoms with Gasteiger partial charge in [-0.05, 0) is 43.7 Å². The van der Waals surface area contributed by atoms with Crippen LogP contribution in [0.4, 0.5) is 5.69 Å². The Morgan fingerprint density at radius 1 is 1.20 bits per heavy atom. The van der Waals surface area contributed by atoms with Crippen LogP contribution in [0, 0.1) is 5.92 Å². The van der Waals surface area contributed by atoms with Crippen molar-refractivity contribution in [1.29, 1.82) is 0 Å². The van der Waals surface area contributed by atoms with E-state index in [9.17, 15) is 4.79 Å². The number of anilines is 1. The maximum absolute atomic E-state index is 12.2. The lowest BCUT2D eigenvalue weighted by Crippen LogP contribution is -2.41. The standard InChI is InChI=1S/C16H24N2O.ClH/c1-13-8-10-15(11-9-13)18(2)16(19)12-17-14-6-4-3-5-7-14;/h3-7,13,15,17H,8-12H2,1-2H3;1H. The number of hydrogen-bond acceptors (Lipinski definition) is 2. The van der Waals surface area contributed by atoms with E-state index in [0.29, 0.717) is 12.6 Å². The number of nitrogens with one attached hydrogen (secondary N) is 1.